The lowest BCUT2D eigenvalue weighted by atomic mass is 10.1. The molecule has 1 atom stereocenters. The second-order valence-electron chi connectivity index (χ2n) is 3.86. The molecule has 0 bridgehead atoms. The number of fused-ring (bicyclic) bond motifs is 1. The number of rotatable bonds is 3. The van der Waals surface area contributed by atoms with Crippen molar-refractivity contribution in [1.82, 2.24) is 4.90 Å². The number of carbonyl (C=O) groups is 1. The van der Waals surface area contributed by atoms with Crippen LogP contribution in [0.15, 0.2) is 18.2 Å². The van der Waals surface area contributed by atoms with Crippen molar-refractivity contribution >= 4 is 23.2 Å². The van der Waals surface area contributed by atoms with Crippen molar-refractivity contribution in [3.8, 4) is 0 Å². The van der Waals surface area contributed by atoms with Gasteiger partial charge in [0.15, 0.2) is 0 Å². The lowest BCUT2D eigenvalue weighted by molar-refractivity contribution is -0.120. The fourth-order valence-corrected chi connectivity index (χ4v) is 2.29. The molecule has 0 saturated carbocycles. The molecular weight excluding hydrogens is 226 g/mol. The summed E-state index contributed by atoms with van der Waals surface area (Å²) in [4.78, 5) is 13.8. The highest BCUT2D eigenvalue weighted by Crippen LogP contribution is 2.38. The molecule has 16 heavy (non-hydrogen) atoms. The first kappa shape index (κ1) is 11.4. The van der Waals surface area contributed by atoms with Crippen LogP contribution in [-0.4, -0.2) is 30.9 Å². The number of amides is 1. The Morgan fingerprint density at radius 3 is 3.00 bits per heavy atom. The monoisotopic (exact) mass is 239 g/mol. The summed E-state index contributed by atoms with van der Waals surface area (Å²) >= 11 is 6.12. The Bertz CT molecular complexity index is 422. The van der Waals surface area contributed by atoms with E-state index in [9.17, 15) is 4.79 Å². The Morgan fingerprint density at radius 2 is 2.31 bits per heavy atom. The number of halogens is 1. The van der Waals surface area contributed by atoms with Crippen molar-refractivity contribution in [2.45, 2.75) is 6.04 Å². The standard InChI is InChI=1S/C11H14ClN3O/c1-15(6-5-13)10-9-7(12)3-2-4-8(9)14-11(10)16/h2-4,10H,5-6,13H2,1H3,(H,14,16). The minimum atomic E-state index is -0.327. The second-order valence-corrected chi connectivity index (χ2v) is 4.27. The highest BCUT2D eigenvalue weighted by atomic mass is 35.5. The fraction of sp³-hybridized carbons (Fsp3) is 0.364. The van der Waals surface area contributed by atoms with Crippen LogP contribution < -0.4 is 11.1 Å². The highest BCUT2D eigenvalue weighted by molar-refractivity contribution is 6.32. The summed E-state index contributed by atoms with van der Waals surface area (Å²) in [6.07, 6.45) is 0. The van der Waals surface area contributed by atoms with Gasteiger partial charge < -0.3 is 11.1 Å². The molecule has 1 amide bonds. The molecule has 0 fully saturated rings. The zero-order chi connectivity index (χ0) is 11.7. The maximum atomic E-state index is 11.8. The molecule has 86 valence electrons. The number of carbonyl (C=O) groups excluding carboxylic acids is 1. The van der Waals surface area contributed by atoms with Gasteiger partial charge >= 0.3 is 0 Å². The van der Waals surface area contributed by atoms with Crippen LogP contribution in [0, 0.1) is 0 Å². The predicted molar refractivity (Wildman–Crippen MR) is 64.5 cm³/mol. The fourth-order valence-electron chi connectivity index (χ4n) is 2.01. The molecule has 0 saturated heterocycles. The number of benzene rings is 1. The smallest absolute Gasteiger partial charge is 0.246 e. The minimum Gasteiger partial charge on any atom is -0.329 e. The van der Waals surface area contributed by atoms with E-state index < -0.39 is 0 Å². The van der Waals surface area contributed by atoms with E-state index in [4.69, 9.17) is 17.3 Å². The van der Waals surface area contributed by atoms with Crippen molar-refractivity contribution in [3.63, 3.8) is 0 Å². The normalized spacial score (nSPS) is 18.8. The van der Waals surface area contributed by atoms with E-state index in [1.165, 1.54) is 0 Å². The number of hydrogen-bond acceptors (Lipinski definition) is 3. The van der Waals surface area contributed by atoms with Gasteiger partial charge in [-0.05, 0) is 19.2 Å². The molecule has 0 aliphatic carbocycles. The largest absolute Gasteiger partial charge is 0.329 e. The zero-order valence-electron chi connectivity index (χ0n) is 9.03. The minimum absolute atomic E-state index is 0.0425. The number of nitrogens with zero attached hydrogens (tertiary/aromatic N) is 1. The first-order valence-corrected chi connectivity index (χ1v) is 5.52. The van der Waals surface area contributed by atoms with E-state index in [0.29, 0.717) is 18.1 Å². The van der Waals surface area contributed by atoms with Gasteiger partial charge in [0, 0.05) is 29.4 Å². The third-order valence-electron chi connectivity index (χ3n) is 2.76. The van der Waals surface area contributed by atoms with Crippen LogP contribution in [0.4, 0.5) is 5.69 Å². The molecule has 0 spiro atoms. The van der Waals surface area contributed by atoms with Crippen LogP contribution in [-0.2, 0) is 4.79 Å². The van der Waals surface area contributed by atoms with Gasteiger partial charge in [-0.3, -0.25) is 9.69 Å². The summed E-state index contributed by atoms with van der Waals surface area (Å²) in [7, 11) is 1.87. The molecular formula is C11H14ClN3O. The van der Waals surface area contributed by atoms with E-state index in [1.807, 2.05) is 24.1 Å². The Kier molecular flexibility index (Phi) is 3.14. The summed E-state index contributed by atoms with van der Waals surface area (Å²) in [6.45, 7) is 1.17. The molecule has 2 rings (SSSR count). The Morgan fingerprint density at radius 1 is 1.56 bits per heavy atom. The van der Waals surface area contributed by atoms with Gasteiger partial charge in [-0.15, -0.1) is 0 Å². The summed E-state index contributed by atoms with van der Waals surface area (Å²) in [6, 6.07) is 5.15. The lowest BCUT2D eigenvalue weighted by Crippen LogP contribution is -2.33. The third kappa shape index (κ3) is 1.80. The van der Waals surface area contributed by atoms with Crippen LogP contribution in [0.3, 0.4) is 0 Å². The summed E-state index contributed by atoms with van der Waals surface area (Å²) in [5, 5.41) is 3.44. The van der Waals surface area contributed by atoms with Gasteiger partial charge in [0.05, 0.1) is 0 Å². The zero-order valence-corrected chi connectivity index (χ0v) is 9.79. The number of anilines is 1. The van der Waals surface area contributed by atoms with E-state index in [1.54, 1.807) is 6.07 Å². The topological polar surface area (TPSA) is 58.4 Å². The average molecular weight is 240 g/mol. The van der Waals surface area contributed by atoms with Gasteiger partial charge in [-0.2, -0.15) is 0 Å². The maximum Gasteiger partial charge on any atom is 0.246 e. The Hall–Kier alpha value is -1.10. The quantitative estimate of drug-likeness (QED) is 0.834. The predicted octanol–water partition coefficient (Wildman–Crippen LogP) is 1.22. The van der Waals surface area contributed by atoms with E-state index in [2.05, 4.69) is 5.32 Å². The lowest BCUT2D eigenvalue weighted by Gasteiger charge is -2.22. The first-order valence-electron chi connectivity index (χ1n) is 5.14. The maximum absolute atomic E-state index is 11.8. The summed E-state index contributed by atoms with van der Waals surface area (Å²) in [5.41, 5.74) is 7.14. The van der Waals surface area contributed by atoms with Gasteiger partial charge in [-0.1, -0.05) is 17.7 Å². The Balaban J connectivity index is 2.38. The number of nitrogens with one attached hydrogen (secondary N) is 1. The van der Waals surface area contributed by atoms with Crippen LogP contribution in [0.1, 0.15) is 11.6 Å². The number of likely N-dealkylation sites (N-methyl/N-ethyl adjacent to an activating group) is 1. The van der Waals surface area contributed by atoms with Crippen LogP contribution >= 0.6 is 11.6 Å². The molecule has 1 aliphatic rings. The molecule has 4 nitrogen and oxygen atoms in total. The molecule has 1 heterocycles. The molecule has 1 aliphatic heterocycles. The first-order chi connectivity index (χ1) is 7.65. The molecule has 1 aromatic rings. The average Bonchev–Trinajstić information content (AvgIpc) is 2.56. The van der Waals surface area contributed by atoms with E-state index >= 15 is 0 Å². The van der Waals surface area contributed by atoms with Gasteiger partial charge in [0.2, 0.25) is 5.91 Å². The van der Waals surface area contributed by atoms with Crippen molar-refractivity contribution in [2.75, 3.05) is 25.5 Å². The van der Waals surface area contributed by atoms with E-state index in [-0.39, 0.29) is 11.9 Å². The van der Waals surface area contributed by atoms with Crippen LogP contribution in [0.5, 0.6) is 0 Å². The number of nitrogens with two attached hydrogens (primary N) is 1. The molecule has 0 radical (unpaired) electrons. The Labute approximate surface area is 99.4 Å². The molecule has 1 unspecified atom stereocenters. The van der Waals surface area contributed by atoms with Crippen LogP contribution in [0.25, 0.3) is 0 Å². The number of hydrogen-bond donors (Lipinski definition) is 2. The molecule has 0 aromatic heterocycles. The van der Waals surface area contributed by atoms with Crippen molar-refractivity contribution < 1.29 is 4.79 Å². The highest BCUT2D eigenvalue weighted by Gasteiger charge is 2.34. The summed E-state index contributed by atoms with van der Waals surface area (Å²) in [5.74, 6) is -0.0425. The van der Waals surface area contributed by atoms with Gasteiger partial charge in [-0.25, -0.2) is 0 Å². The molecule has 1 aromatic carbocycles. The van der Waals surface area contributed by atoms with Gasteiger partial charge in [0.25, 0.3) is 0 Å². The van der Waals surface area contributed by atoms with Crippen LogP contribution in [0.2, 0.25) is 5.02 Å². The van der Waals surface area contributed by atoms with Crippen molar-refractivity contribution in [2.24, 2.45) is 5.73 Å². The van der Waals surface area contributed by atoms with E-state index in [0.717, 1.165) is 11.3 Å². The molecule has 3 N–H and O–H groups in total. The van der Waals surface area contributed by atoms with Crippen molar-refractivity contribution in [1.29, 1.82) is 0 Å². The van der Waals surface area contributed by atoms with Crippen molar-refractivity contribution in [3.05, 3.63) is 28.8 Å². The summed E-state index contributed by atoms with van der Waals surface area (Å²) < 4.78 is 0. The van der Waals surface area contributed by atoms with Gasteiger partial charge in [0.1, 0.15) is 6.04 Å². The molecule has 5 heteroatoms. The second kappa shape index (κ2) is 4.41. The SMILES string of the molecule is CN(CCN)C1C(=O)Nc2cccc(Cl)c21. The third-order valence-corrected chi connectivity index (χ3v) is 3.08.